The fourth-order valence-electron chi connectivity index (χ4n) is 5.41. The molecule has 0 aromatic heterocycles. The molecule has 1 aliphatic rings. The molecule has 0 saturated heterocycles. The summed E-state index contributed by atoms with van der Waals surface area (Å²) in [6.07, 6.45) is 1.02. The highest BCUT2D eigenvalue weighted by molar-refractivity contribution is 7.92. The normalized spacial score (nSPS) is 16.8. The Morgan fingerprint density at radius 3 is 2.13 bits per heavy atom. The van der Waals surface area contributed by atoms with E-state index in [1.165, 1.54) is 0 Å². The van der Waals surface area contributed by atoms with Crippen molar-refractivity contribution in [1.29, 1.82) is 0 Å². The summed E-state index contributed by atoms with van der Waals surface area (Å²) in [5, 5.41) is 0. The summed E-state index contributed by atoms with van der Waals surface area (Å²) in [6.45, 7) is 14.3. The highest BCUT2D eigenvalue weighted by Crippen LogP contribution is 2.47. The second-order valence-corrected chi connectivity index (χ2v) is 17.2. The Morgan fingerprint density at radius 2 is 1.57 bits per heavy atom. The van der Waals surface area contributed by atoms with Crippen LogP contribution in [0.15, 0.2) is 53.4 Å². The van der Waals surface area contributed by atoms with Crippen LogP contribution in [0.1, 0.15) is 47.1 Å². The molecule has 2 aromatic carbocycles. The van der Waals surface area contributed by atoms with Crippen molar-refractivity contribution in [1.82, 2.24) is 0 Å². The molecule has 164 valence electrons. The molecule has 0 aliphatic carbocycles. The molecule has 30 heavy (non-hydrogen) atoms. The van der Waals surface area contributed by atoms with Crippen LogP contribution in [0.4, 0.5) is 5.69 Å². The Bertz CT molecular complexity index is 949. The predicted molar refractivity (Wildman–Crippen MR) is 128 cm³/mol. The third-order valence-electron chi connectivity index (χ3n) is 6.91. The average molecular weight is 446 g/mol. The minimum absolute atomic E-state index is 0.180. The van der Waals surface area contributed by atoms with Gasteiger partial charge in [0.2, 0.25) is 0 Å². The first kappa shape index (κ1) is 22.9. The zero-order valence-corrected chi connectivity index (χ0v) is 20.8. The van der Waals surface area contributed by atoms with Gasteiger partial charge in [-0.2, -0.15) is 0 Å². The molecular weight excluding hydrogens is 410 g/mol. The Kier molecular flexibility index (Phi) is 6.68. The Morgan fingerprint density at radius 1 is 0.967 bits per heavy atom. The zero-order chi connectivity index (χ0) is 22.1. The summed E-state index contributed by atoms with van der Waals surface area (Å²) in [4.78, 5) is 0.265. The smallest absolute Gasteiger partial charge is 0.261 e. The van der Waals surface area contributed by atoms with E-state index in [9.17, 15) is 8.42 Å². The lowest BCUT2D eigenvalue weighted by Crippen LogP contribution is -2.47. The van der Waals surface area contributed by atoms with Gasteiger partial charge in [0.15, 0.2) is 0 Å². The summed E-state index contributed by atoms with van der Waals surface area (Å²) in [5.74, 6) is 0.891. The van der Waals surface area contributed by atoms with Gasteiger partial charge in [0.05, 0.1) is 13.0 Å². The SMILES string of the molecule is CC(C)[Si](CC1Cc2cc(NS(=O)(=O)c3ccccc3)ccc2O1)(C(C)C)C(C)C. The van der Waals surface area contributed by atoms with E-state index >= 15 is 0 Å². The van der Waals surface area contributed by atoms with Crippen molar-refractivity contribution in [3.8, 4) is 5.75 Å². The molecule has 0 fully saturated rings. The monoisotopic (exact) mass is 445 g/mol. The van der Waals surface area contributed by atoms with Crippen molar-refractivity contribution in [2.24, 2.45) is 0 Å². The summed E-state index contributed by atoms with van der Waals surface area (Å²) >= 11 is 0. The molecule has 4 nitrogen and oxygen atoms in total. The molecule has 1 N–H and O–H groups in total. The van der Waals surface area contributed by atoms with Gasteiger partial charge in [-0.25, -0.2) is 8.42 Å². The van der Waals surface area contributed by atoms with E-state index in [-0.39, 0.29) is 11.0 Å². The van der Waals surface area contributed by atoms with Gasteiger partial charge < -0.3 is 4.74 Å². The number of sulfonamides is 1. The summed E-state index contributed by atoms with van der Waals surface area (Å²) in [6, 6.07) is 15.2. The minimum Gasteiger partial charge on any atom is -0.490 e. The van der Waals surface area contributed by atoms with Crippen LogP contribution >= 0.6 is 0 Å². The molecule has 1 heterocycles. The number of benzene rings is 2. The molecule has 1 aliphatic heterocycles. The molecule has 6 heteroatoms. The lowest BCUT2D eigenvalue weighted by Gasteiger charge is -2.44. The van der Waals surface area contributed by atoms with E-state index in [0.29, 0.717) is 22.3 Å². The molecule has 0 spiro atoms. The molecule has 0 amide bonds. The summed E-state index contributed by atoms with van der Waals surface area (Å²) in [7, 11) is -5.15. The van der Waals surface area contributed by atoms with Crippen molar-refractivity contribution in [2.75, 3.05) is 4.72 Å². The van der Waals surface area contributed by atoms with E-state index in [0.717, 1.165) is 23.8 Å². The number of fused-ring (bicyclic) bond motifs is 1. The van der Waals surface area contributed by atoms with Crippen LogP contribution in [-0.2, 0) is 16.4 Å². The molecule has 1 unspecified atom stereocenters. The summed E-state index contributed by atoms with van der Waals surface area (Å²) < 4.78 is 34.3. The second kappa shape index (κ2) is 8.75. The van der Waals surface area contributed by atoms with Gasteiger partial charge in [0.25, 0.3) is 10.0 Å². The summed E-state index contributed by atoms with van der Waals surface area (Å²) in [5.41, 5.74) is 3.75. The van der Waals surface area contributed by atoms with E-state index in [2.05, 4.69) is 46.3 Å². The first-order chi connectivity index (χ1) is 14.1. The number of hydrogen-bond acceptors (Lipinski definition) is 3. The number of hydrogen-bond donors (Lipinski definition) is 1. The Labute approximate surface area is 183 Å². The van der Waals surface area contributed by atoms with Crippen molar-refractivity contribution in [3.05, 3.63) is 54.1 Å². The van der Waals surface area contributed by atoms with Crippen LogP contribution in [-0.4, -0.2) is 22.6 Å². The quantitative estimate of drug-likeness (QED) is 0.474. The van der Waals surface area contributed by atoms with E-state index in [4.69, 9.17) is 4.74 Å². The van der Waals surface area contributed by atoms with Gasteiger partial charge >= 0.3 is 0 Å². The van der Waals surface area contributed by atoms with E-state index < -0.39 is 18.1 Å². The molecule has 0 saturated carbocycles. The van der Waals surface area contributed by atoms with Gasteiger partial charge in [0, 0.05) is 12.1 Å². The van der Waals surface area contributed by atoms with E-state index in [1.807, 2.05) is 12.1 Å². The molecule has 2 aromatic rings. The third kappa shape index (κ3) is 4.44. The van der Waals surface area contributed by atoms with Crippen molar-refractivity contribution in [2.45, 2.75) is 81.6 Å². The molecule has 0 radical (unpaired) electrons. The average Bonchev–Trinajstić information content (AvgIpc) is 3.07. The fraction of sp³-hybridized carbons (Fsp3) is 0.500. The van der Waals surface area contributed by atoms with Gasteiger partial charge in [0.1, 0.15) is 11.9 Å². The van der Waals surface area contributed by atoms with Crippen LogP contribution in [0.3, 0.4) is 0 Å². The second-order valence-electron chi connectivity index (χ2n) is 9.47. The van der Waals surface area contributed by atoms with Crippen molar-refractivity contribution >= 4 is 23.8 Å². The third-order valence-corrected chi connectivity index (χ3v) is 15.9. The Hall–Kier alpha value is -1.79. The van der Waals surface area contributed by atoms with Crippen LogP contribution in [0.2, 0.25) is 22.7 Å². The first-order valence-corrected chi connectivity index (χ1v) is 14.9. The first-order valence-electron chi connectivity index (χ1n) is 10.9. The molecule has 3 rings (SSSR count). The lowest BCUT2D eigenvalue weighted by molar-refractivity contribution is 0.250. The highest BCUT2D eigenvalue weighted by atomic mass is 32.2. The maximum atomic E-state index is 12.6. The van der Waals surface area contributed by atoms with Gasteiger partial charge in [-0.05, 0) is 41.9 Å². The largest absolute Gasteiger partial charge is 0.490 e. The maximum Gasteiger partial charge on any atom is 0.261 e. The van der Waals surface area contributed by atoms with Gasteiger partial charge in [-0.1, -0.05) is 76.4 Å². The van der Waals surface area contributed by atoms with Crippen LogP contribution < -0.4 is 9.46 Å². The maximum absolute atomic E-state index is 12.6. The number of rotatable bonds is 8. The molecular formula is C24H35NO3SSi. The number of anilines is 1. The van der Waals surface area contributed by atoms with Crippen LogP contribution in [0, 0.1) is 0 Å². The van der Waals surface area contributed by atoms with Gasteiger partial charge in [-0.15, -0.1) is 0 Å². The highest BCUT2D eigenvalue weighted by Gasteiger charge is 2.45. The van der Waals surface area contributed by atoms with Crippen molar-refractivity contribution in [3.63, 3.8) is 0 Å². The van der Waals surface area contributed by atoms with Crippen molar-refractivity contribution < 1.29 is 13.2 Å². The molecule has 0 bridgehead atoms. The Balaban J connectivity index is 1.78. The standard InChI is InChI=1S/C24H35NO3SSi/c1-17(2)30(18(3)4,19(5)6)16-22-15-20-14-21(12-13-24(20)28-22)25-29(26,27)23-10-8-7-9-11-23/h7-14,17-19,22,25H,15-16H2,1-6H3. The zero-order valence-electron chi connectivity index (χ0n) is 19.0. The van der Waals surface area contributed by atoms with E-state index in [1.54, 1.807) is 36.4 Å². The fourth-order valence-corrected chi connectivity index (χ4v) is 12.9. The lowest BCUT2D eigenvalue weighted by atomic mass is 10.1. The number of nitrogens with one attached hydrogen (secondary N) is 1. The molecule has 1 atom stereocenters. The van der Waals surface area contributed by atoms with Crippen LogP contribution in [0.5, 0.6) is 5.75 Å². The minimum atomic E-state index is -3.59. The predicted octanol–water partition coefficient (Wildman–Crippen LogP) is 6.47. The van der Waals surface area contributed by atoms with Gasteiger partial charge in [-0.3, -0.25) is 4.72 Å². The number of ether oxygens (including phenoxy) is 1. The topological polar surface area (TPSA) is 55.4 Å². The van der Waals surface area contributed by atoms with Crippen LogP contribution in [0.25, 0.3) is 0 Å².